The first kappa shape index (κ1) is 18.3. The van der Waals surface area contributed by atoms with E-state index < -0.39 is 5.91 Å². The lowest BCUT2D eigenvalue weighted by molar-refractivity contribution is -0.140. The Balaban J connectivity index is 1.76. The maximum Gasteiger partial charge on any atom is 0.271 e. The van der Waals surface area contributed by atoms with E-state index >= 15 is 0 Å². The lowest BCUT2D eigenvalue weighted by Crippen LogP contribution is -2.42. The number of carbonyl (C=O) groups is 2. The van der Waals surface area contributed by atoms with E-state index in [4.69, 9.17) is 0 Å². The van der Waals surface area contributed by atoms with Crippen molar-refractivity contribution in [2.75, 3.05) is 6.54 Å². The number of pyridine rings is 1. The van der Waals surface area contributed by atoms with Gasteiger partial charge in [0.2, 0.25) is 0 Å². The van der Waals surface area contributed by atoms with E-state index in [0.29, 0.717) is 11.1 Å². The highest BCUT2D eigenvalue weighted by Gasteiger charge is 2.34. The molecule has 0 aromatic carbocycles. The van der Waals surface area contributed by atoms with E-state index in [1.807, 2.05) is 30.5 Å². The minimum atomic E-state index is -0.516. The van der Waals surface area contributed by atoms with Crippen LogP contribution in [0.1, 0.15) is 18.7 Å². The summed E-state index contributed by atoms with van der Waals surface area (Å²) in [4.78, 5) is 32.4. The van der Waals surface area contributed by atoms with E-state index in [1.54, 1.807) is 48.8 Å². The number of hydrogen-bond donors (Lipinski definition) is 0. The van der Waals surface area contributed by atoms with Crippen LogP contribution in [0.25, 0.3) is 25.9 Å². The SMILES string of the molecule is CCN1C(=O)C(C#N)=C(C)/C(=C/c2cc3sc(-c4cccnc4)cc3s2)C1=O. The summed E-state index contributed by atoms with van der Waals surface area (Å²) in [5, 5.41) is 9.34. The summed E-state index contributed by atoms with van der Waals surface area (Å²) >= 11 is 3.25. The van der Waals surface area contributed by atoms with Crippen molar-refractivity contribution in [1.82, 2.24) is 9.88 Å². The third-order valence-electron chi connectivity index (χ3n) is 4.60. The lowest BCUT2D eigenvalue weighted by atomic mass is 9.95. The Labute approximate surface area is 169 Å². The van der Waals surface area contributed by atoms with Crippen LogP contribution in [0.15, 0.2) is 53.4 Å². The molecule has 0 atom stereocenters. The highest BCUT2D eigenvalue weighted by atomic mass is 32.1. The molecule has 3 aromatic rings. The molecule has 0 unspecified atom stereocenters. The monoisotopic (exact) mass is 405 g/mol. The number of carbonyl (C=O) groups excluding carboxylic acids is 2. The van der Waals surface area contributed by atoms with Crippen molar-refractivity contribution < 1.29 is 9.59 Å². The van der Waals surface area contributed by atoms with Crippen LogP contribution in [0, 0.1) is 11.3 Å². The van der Waals surface area contributed by atoms with Gasteiger partial charge in [-0.15, -0.1) is 22.7 Å². The molecule has 0 N–H and O–H groups in total. The van der Waals surface area contributed by atoms with E-state index in [9.17, 15) is 14.9 Å². The molecule has 4 rings (SSSR count). The maximum atomic E-state index is 12.7. The predicted octanol–water partition coefficient (Wildman–Crippen LogP) is 4.64. The first-order valence-electron chi connectivity index (χ1n) is 8.66. The number of nitriles is 1. The fraction of sp³-hybridized carbons (Fsp3) is 0.143. The van der Waals surface area contributed by atoms with E-state index in [-0.39, 0.29) is 18.0 Å². The van der Waals surface area contributed by atoms with Gasteiger partial charge in [0, 0.05) is 49.2 Å². The number of imide groups is 1. The van der Waals surface area contributed by atoms with Crippen molar-refractivity contribution in [2.45, 2.75) is 13.8 Å². The zero-order valence-corrected chi connectivity index (χ0v) is 16.9. The summed E-state index contributed by atoms with van der Waals surface area (Å²) in [5.74, 6) is -0.866. The molecule has 2 amide bonds. The third kappa shape index (κ3) is 2.97. The van der Waals surface area contributed by atoms with Gasteiger partial charge in [-0.25, -0.2) is 0 Å². The summed E-state index contributed by atoms with van der Waals surface area (Å²) < 4.78 is 2.26. The Kier molecular flexibility index (Phi) is 4.67. The van der Waals surface area contributed by atoms with E-state index in [1.165, 1.54) is 0 Å². The number of likely N-dealkylation sites (N-methyl/N-ethyl adjacent to an activating group) is 1. The van der Waals surface area contributed by atoms with Crippen molar-refractivity contribution in [3.63, 3.8) is 0 Å². The normalized spacial score (nSPS) is 16.3. The molecule has 0 aliphatic carbocycles. The summed E-state index contributed by atoms with van der Waals surface area (Å²) in [6, 6.07) is 10.0. The van der Waals surface area contributed by atoms with Crippen LogP contribution in [0.4, 0.5) is 0 Å². The summed E-state index contributed by atoms with van der Waals surface area (Å²) in [5.41, 5.74) is 1.95. The molecular formula is C21H15N3O2S2. The molecule has 0 radical (unpaired) electrons. The molecule has 0 saturated heterocycles. The van der Waals surface area contributed by atoms with Gasteiger partial charge in [-0.2, -0.15) is 5.26 Å². The number of hydrogen-bond acceptors (Lipinski definition) is 6. The van der Waals surface area contributed by atoms with Gasteiger partial charge < -0.3 is 0 Å². The number of nitrogens with zero attached hydrogens (tertiary/aromatic N) is 3. The largest absolute Gasteiger partial charge is 0.274 e. The quantitative estimate of drug-likeness (QED) is 0.470. The van der Waals surface area contributed by atoms with Gasteiger partial charge in [0.05, 0.1) is 0 Å². The van der Waals surface area contributed by atoms with Crippen LogP contribution in [0.3, 0.4) is 0 Å². The first-order valence-corrected chi connectivity index (χ1v) is 10.3. The number of rotatable bonds is 3. The first-order chi connectivity index (χ1) is 13.5. The van der Waals surface area contributed by atoms with Crippen LogP contribution < -0.4 is 0 Å². The second kappa shape index (κ2) is 7.15. The van der Waals surface area contributed by atoms with Crippen LogP contribution in [-0.4, -0.2) is 28.2 Å². The van der Waals surface area contributed by atoms with Gasteiger partial charge in [0.25, 0.3) is 11.8 Å². The Morgan fingerprint density at radius 3 is 2.64 bits per heavy atom. The zero-order chi connectivity index (χ0) is 19.8. The van der Waals surface area contributed by atoms with E-state index in [0.717, 1.165) is 29.6 Å². The van der Waals surface area contributed by atoms with Gasteiger partial charge in [0.1, 0.15) is 11.6 Å². The highest BCUT2D eigenvalue weighted by molar-refractivity contribution is 7.29. The van der Waals surface area contributed by atoms with Gasteiger partial charge in [-0.05, 0) is 43.7 Å². The molecule has 3 aromatic heterocycles. The Morgan fingerprint density at radius 2 is 2.00 bits per heavy atom. The van der Waals surface area contributed by atoms with Crippen LogP contribution in [-0.2, 0) is 9.59 Å². The molecule has 0 saturated carbocycles. The minimum Gasteiger partial charge on any atom is -0.274 e. The standard InChI is InChI=1S/C21H15N3O2S2/c1-3-24-20(25)15(12(2)16(10-22)21(24)26)7-14-8-18-19(27-14)9-17(28-18)13-5-4-6-23-11-13/h4-9,11H,3H2,1-2H3/b15-7-. The molecule has 4 heterocycles. The molecule has 0 fully saturated rings. The minimum absolute atomic E-state index is 0.0323. The van der Waals surface area contributed by atoms with Crippen LogP contribution >= 0.6 is 22.7 Å². The number of amides is 2. The molecule has 1 aliphatic rings. The van der Waals surface area contributed by atoms with Gasteiger partial charge in [-0.1, -0.05) is 6.07 Å². The van der Waals surface area contributed by atoms with Gasteiger partial charge >= 0.3 is 0 Å². The fourth-order valence-corrected chi connectivity index (χ4v) is 5.48. The van der Waals surface area contributed by atoms with Crippen LogP contribution in [0.2, 0.25) is 0 Å². The molecule has 5 nitrogen and oxygen atoms in total. The lowest BCUT2D eigenvalue weighted by Gasteiger charge is -2.26. The summed E-state index contributed by atoms with van der Waals surface area (Å²) in [6.45, 7) is 3.62. The Bertz CT molecular complexity index is 1180. The van der Waals surface area contributed by atoms with Gasteiger partial charge in [-0.3, -0.25) is 19.5 Å². The Morgan fingerprint density at radius 1 is 1.21 bits per heavy atom. The second-order valence-corrected chi connectivity index (χ2v) is 8.45. The summed E-state index contributed by atoms with van der Waals surface area (Å²) in [6.07, 6.45) is 5.37. The second-order valence-electron chi connectivity index (χ2n) is 6.25. The Hall–Kier alpha value is -3.08. The average molecular weight is 406 g/mol. The topological polar surface area (TPSA) is 74.1 Å². The molecule has 7 heteroatoms. The highest BCUT2D eigenvalue weighted by Crippen LogP contribution is 2.39. The number of aromatic nitrogens is 1. The smallest absolute Gasteiger partial charge is 0.271 e. The molecule has 0 bridgehead atoms. The van der Waals surface area contributed by atoms with Crippen molar-refractivity contribution in [2.24, 2.45) is 0 Å². The van der Waals surface area contributed by atoms with Crippen molar-refractivity contribution in [1.29, 1.82) is 5.26 Å². The maximum absolute atomic E-state index is 12.7. The van der Waals surface area contributed by atoms with E-state index in [2.05, 4.69) is 11.1 Å². The molecular weight excluding hydrogens is 390 g/mol. The van der Waals surface area contributed by atoms with Crippen molar-refractivity contribution >= 4 is 50.0 Å². The fourth-order valence-electron chi connectivity index (χ4n) is 3.14. The summed E-state index contributed by atoms with van der Waals surface area (Å²) in [7, 11) is 0. The zero-order valence-electron chi connectivity index (χ0n) is 15.2. The molecule has 138 valence electrons. The van der Waals surface area contributed by atoms with Crippen molar-refractivity contribution in [3.05, 3.63) is 58.3 Å². The number of fused-ring (bicyclic) bond motifs is 1. The number of thiophene rings is 2. The van der Waals surface area contributed by atoms with Crippen LogP contribution in [0.5, 0.6) is 0 Å². The average Bonchev–Trinajstić information content (AvgIpc) is 3.25. The molecule has 0 spiro atoms. The molecule has 1 aliphatic heterocycles. The molecule has 28 heavy (non-hydrogen) atoms. The van der Waals surface area contributed by atoms with Gasteiger partial charge in [0.15, 0.2) is 0 Å². The third-order valence-corrected chi connectivity index (χ3v) is 6.89. The predicted molar refractivity (Wildman–Crippen MR) is 112 cm³/mol. The van der Waals surface area contributed by atoms with Crippen molar-refractivity contribution in [3.8, 4) is 16.5 Å².